The minimum Gasteiger partial charge on any atom is -0.381 e. The molecule has 1 saturated heterocycles. The number of hydrogen-bond donors (Lipinski definition) is 0. The maximum atomic E-state index is 5.97. The Labute approximate surface area is 162 Å². The highest BCUT2D eigenvalue weighted by Crippen LogP contribution is 2.33. The normalized spacial score (nSPS) is 17.9. The van der Waals surface area contributed by atoms with E-state index in [0.29, 0.717) is 5.92 Å². The molecule has 1 unspecified atom stereocenters. The predicted octanol–water partition coefficient (Wildman–Crippen LogP) is 5.59. The molecule has 1 aliphatic rings. The van der Waals surface area contributed by atoms with Crippen LogP contribution in [0.2, 0.25) is 0 Å². The highest BCUT2D eigenvalue weighted by Gasteiger charge is 2.37. The lowest BCUT2D eigenvalue weighted by atomic mass is 9.84. The molecule has 0 aromatic heterocycles. The third-order valence-corrected chi connectivity index (χ3v) is 6.27. The average Bonchev–Trinajstić information content (AvgIpc) is 2.63. The van der Waals surface area contributed by atoms with Gasteiger partial charge in [-0.3, -0.25) is 0 Å². The van der Waals surface area contributed by atoms with Crippen LogP contribution < -0.4 is 0 Å². The quantitative estimate of drug-likeness (QED) is 0.246. The zero-order valence-electron chi connectivity index (χ0n) is 18.1. The molecule has 1 aliphatic heterocycles. The fourth-order valence-electron chi connectivity index (χ4n) is 3.76. The first-order valence-electron chi connectivity index (χ1n) is 10.8. The van der Waals surface area contributed by atoms with Crippen LogP contribution in [-0.2, 0) is 18.9 Å². The summed E-state index contributed by atoms with van der Waals surface area (Å²) in [6.45, 7) is 9.93. The van der Waals surface area contributed by atoms with Crippen molar-refractivity contribution < 1.29 is 18.9 Å². The van der Waals surface area contributed by atoms with Gasteiger partial charge in [-0.25, -0.2) is 0 Å². The first-order valence-corrected chi connectivity index (χ1v) is 10.8. The Morgan fingerprint density at radius 2 is 1.54 bits per heavy atom. The molecule has 1 atom stereocenters. The predicted molar refractivity (Wildman–Crippen MR) is 108 cm³/mol. The van der Waals surface area contributed by atoms with Crippen molar-refractivity contribution in [3.63, 3.8) is 0 Å². The highest BCUT2D eigenvalue weighted by molar-refractivity contribution is 4.84. The molecule has 1 heterocycles. The number of rotatable bonds is 17. The van der Waals surface area contributed by atoms with E-state index in [1.165, 1.54) is 38.5 Å². The number of methoxy groups -OCH3 is 2. The van der Waals surface area contributed by atoms with Crippen molar-refractivity contribution in [2.45, 2.75) is 90.8 Å². The van der Waals surface area contributed by atoms with Crippen LogP contribution in [-0.4, -0.2) is 46.4 Å². The van der Waals surface area contributed by atoms with Gasteiger partial charge < -0.3 is 18.9 Å². The molecule has 0 saturated carbocycles. The Bertz CT molecular complexity index is 332. The van der Waals surface area contributed by atoms with Gasteiger partial charge in [0.05, 0.1) is 19.8 Å². The van der Waals surface area contributed by atoms with Gasteiger partial charge in [0.15, 0.2) is 5.79 Å². The second-order valence-corrected chi connectivity index (χ2v) is 8.22. The Morgan fingerprint density at radius 3 is 2.08 bits per heavy atom. The van der Waals surface area contributed by atoms with Crippen molar-refractivity contribution in [2.24, 2.45) is 11.3 Å². The lowest BCUT2D eigenvalue weighted by molar-refractivity contribution is -0.230. The van der Waals surface area contributed by atoms with E-state index in [1.54, 1.807) is 14.2 Å². The molecule has 0 aliphatic carbocycles. The van der Waals surface area contributed by atoms with Crippen LogP contribution >= 0.6 is 0 Å². The molecule has 0 spiro atoms. The summed E-state index contributed by atoms with van der Waals surface area (Å²) in [5.41, 5.74) is 0.283. The van der Waals surface area contributed by atoms with E-state index in [9.17, 15) is 0 Å². The first kappa shape index (κ1) is 23.9. The van der Waals surface area contributed by atoms with E-state index < -0.39 is 5.79 Å². The fraction of sp³-hybridized carbons (Fsp3) is 1.00. The molecule has 0 N–H and O–H groups in total. The molecule has 0 amide bonds. The summed E-state index contributed by atoms with van der Waals surface area (Å²) in [5, 5.41) is 0. The fourth-order valence-corrected chi connectivity index (χ4v) is 3.76. The summed E-state index contributed by atoms with van der Waals surface area (Å²) in [6.07, 6.45) is 12.4. The number of hydrogen-bond acceptors (Lipinski definition) is 4. The van der Waals surface area contributed by atoms with Gasteiger partial charge in [0.2, 0.25) is 0 Å². The van der Waals surface area contributed by atoms with Crippen LogP contribution in [0.25, 0.3) is 0 Å². The maximum Gasteiger partial charge on any atom is 0.167 e. The molecule has 1 fully saturated rings. The number of ether oxygens (including phenoxy) is 4. The van der Waals surface area contributed by atoms with E-state index >= 15 is 0 Å². The summed E-state index contributed by atoms with van der Waals surface area (Å²) in [5.74, 6) is -0.0741. The molecule has 156 valence electrons. The summed E-state index contributed by atoms with van der Waals surface area (Å²) >= 11 is 0. The molecular formula is C22H44O4. The average molecular weight is 373 g/mol. The molecule has 0 aromatic rings. The molecular weight excluding hydrogens is 328 g/mol. The van der Waals surface area contributed by atoms with Crippen LogP contribution in [0.3, 0.4) is 0 Å². The van der Waals surface area contributed by atoms with Gasteiger partial charge in [0, 0.05) is 32.2 Å². The Morgan fingerprint density at radius 1 is 0.923 bits per heavy atom. The SMILES string of the molecule is CCCCCCCCC(CCCOCC1(CC)COC1)C(C)(OC)OC. The maximum absolute atomic E-state index is 5.97. The largest absolute Gasteiger partial charge is 0.381 e. The van der Waals surface area contributed by atoms with Crippen LogP contribution in [0.4, 0.5) is 0 Å². The molecule has 1 rings (SSSR count). The van der Waals surface area contributed by atoms with Crippen molar-refractivity contribution in [1.82, 2.24) is 0 Å². The highest BCUT2D eigenvalue weighted by atomic mass is 16.7. The zero-order chi connectivity index (χ0) is 19.3. The number of unbranched alkanes of at least 4 members (excludes halogenated alkanes) is 5. The lowest BCUT2D eigenvalue weighted by Crippen LogP contribution is -2.45. The van der Waals surface area contributed by atoms with Gasteiger partial charge in [0.1, 0.15) is 0 Å². The van der Waals surface area contributed by atoms with E-state index in [0.717, 1.165) is 52.1 Å². The Hall–Kier alpha value is -0.160. The van der Waals surface area contributed by atoms with Crippen LogP contribution in [0.1, 0.15) is 85.0 Å². The van der Waals surface area contributed by atoms with E-state index in [-0.39, 0.29) is 5.41 Å². The van der Waals surface area contributed by atoms with Crippen molar-refractivity contribution >= 4 is 0 Å². The Balaban J connectivity index is 2.29. The molecule has 4 heteroatoms. The van der Waals surface area contributed by atoms with Gasteiger partial charge in [0.25, 0.3) is 0 Å². The smallest absolute Gasteiger partial charge is 0.167 e. The summed E-state index contributed by atoms with van der Waals surface area (Å²) < 4.78 is 22.8. The van der Waals surface area contributed by atoms with Crippen molar-refractivity contribution in [1.29, 1.82) is 0 Å². The molecule has 0 aromatic carbocycles. The summed E-state index contributed by atoms with van der Waals surface area (Å²) in [4.78, 5) is 0. The minimum atomic E-state index is -0.490. The monoisotopic (exact) mass is 372 g/mol. The lowest BCUT2D eigenvalue weighted by Gasteiger charge is -2.40. The van der Waals surface area contributed by atoms with Gasteiger partial charge in [-0.15, -0.1) is 0 Å². The molecule has 0 bridgehead atoms. The second-order valence-electron chi connectivity index (χ2n) is 8.22. The van der Waals surface area contributed by atoms with Gasteiger partial charge in [-0.1, -0.05) is 52.4 Å². The summed E-state index contributed by atoms with van der Waals surface area (Å²) in [6, 6.07) is 0. The molecule has 4 nitrogen and oxygen atoms in total. The van der Waals surface area contributed by atoms with Crippen molar-refractivity contribution in [3.05, 3.63) is 0 Å². The molecule has 26 heavy (non-hydrogen) atoms. The van der Waals surface area contributed by atoms with Crippen LogP contribution in [0.5, 0.6) is 0 Å². The van der Waals surface area contributed by atoms with Crippen LogP contribution in [0.15, 0.2) is 0 Å². The zero-order valence-corrected chi connectivity index (χ0v) is 18.1. The van der Waals surface area contributed by atoms with Gasteiger partial charge in [-0.05, 0) is 32.6 Å². The van der Waals surface area contributed by atoms with Gasteiger partial charge >= 0.3 is 0 Å². The van der Waals surface area contributed by atoms with E-state index in [2.05, 4.69) is 20.8 Å². The first-order chi connectivity index (χ1) is 12.6. The topological polar surface area (TPSA) is 36.9 Å². The molecule has 0 radical (unpaired) electrons. The van der Waals surface area contributed by atoms with E-state index in [1.807, 2.05) is 0 Å². The van der Waals surface area contributed by atoms with Crippen molar-refractivity contribution in [2.75, 3.05) is 40.6 Å². The van der Waals surface area contributed by atoms with Crippen LogP contribution in [0, 0.1) is 11.3 Å². The third-order valence-electron chi connectivity index (χ3n) is 6.27. The summed E-state index contributed by atoms with van der Waals surface area (Å²) in [7, 11) is 3.52. The minimum absolute atomic E-state index is 0.283. The Kier molecular flexibility index (Phi) is 12.0. The van der Waals surface area contributed by atoms with Gasteiger partial charge in [-0.2, -0.15) is 0 Å². The third kappa shape index (κ3) is 7.84. The second kappa shape index (κ2) is 13.1. The van der Waals surface area contributed by atoms with Crippen molar-refractivity contribution in [3.8, 4) is 0 Å². The standard InChI is InChI=1S/C22H44O4/c1-6-8-9-10-11-12-14-20(21(3,23-4)24-5)15-13-16-25-17-22(7-2)18-26-19-22/h20H,6-19H2,1-5H3. The van der Waals surface area contributed by atoms with E-state index in [4.69, 9.17) is 18.9 Å².